The number of ether oxygens (including phenoxy) is 1. The van der Waals surface area contributed by atoms with E-state index in [2.05, 4.69) is 5.32 Å². The molecule has 5 heteroatoms. The molecular weight excluding hydrogens is 243 g/mol. The number of benzene rings is 1. The second kappa shape index (κ2) is 7.26. The fourth-order valence-corrected chi connectivity index (χ4v) is 1.39. The Balaban J connectivity index is 2.26. The van der Waals surface area contributed by atoms with Crippen molar-refractivity contribution < 1.29 is 17.9 Å². The average Bonchev–Trinajstić information content (AvgIpc) is 2.32. The molecule has 0 spiro atoms. The Hall–Kier alpha value is -1.23. The zero-order valence-electron chi connectivity index (χ0n) is 10.4. The van der Waals surface area contributed by atoms with E-state index in [1.54, 1.807) is 0 Å². The first-order valence-electron chi connectivity index (χ1n) is 6.00. The van der Waals surface area contributed by atoms with Gasteiger partial charge in [0.05, 0.1) is 13.0 Å². The Morgan fingerprint density at radius 3 is 2.39 bits per heavy atom. The number of hydrogen-bond donors (Lipinski definition) is 1. The summed E-state index contributed by atoms with van der Waals surface area (Å²) in [6.07, 6.45) is -3.95. The Labute approximate surface area is 105 Å². The van der Waals surface area contributed by atoms with Gasteiger partial charge in [-0.2, -0.15) is 13.2 Å². The molecule has 2 nitrogen and oxygen atoms in total. The van der Waals surface area contributed by atoms with Crippen LogP contribution in [-0.4, -0.2) is 19.3 Å². The molecule has 0 heterocycles. The average molecular weight is 261 g/mol. The molecule has 0 amide bonds. The van der Waals surface area contributed by atoms with Gasteiger partial charge in [-0.3, -0.25) is 0 Å². The fourth-order valence-electron chi connectivity index (χ4n) is 1.39. The summed E-state index contributed by atoms with van der Waals surface area (Å²) in [5.41, 5.74) is 0.945. The molecule has 1 aromatic rings. The van der Waals surface area contributed by atoms with Crippen molar-refractivity contribution >= 4 is 0 Å². The van der Waals surface area contributed by atoms with E-state index in [4.69, 9.17) is 4.74 Å². The second-order valence-electron chi connectivity index (χ2n) is 4.03. The van der Waals surface area contributed by atoms with Crippen LogP contribution in [0.1, 0.15) is 25.3 Å². The van der Waals surface area contributed by atoms with Crippen molar-refractivity contribution in [2.24, 2.45) is 0 Å². The van der Waals surface area contributed by atoms with Crippen LogP contribution in [0.15, 0.2) is 24.3 Å². The first-order chi connectivity index (χ1) is 8.51. The zero-order valence-corrected chi connectivity index (χ0v) is 10.4. The highest BCUT2D eigenvalue weighted by Gasteiger charge is 2.25. The number of hydrogen-bond acceptors (Lipinski definition) is 2. The summed E-state index contributed by atoms with van der Waals surface area (Å²) in [5, 5.41) is 2.76. The molecule has 0 aromatic heterocycles. The highest BCUT2D eigenvalue weighted by molar-refractivity contribution is 5.27. The lowest BCUT2D eigenvalue weighted by Crippen LogP contribution is -2.21. The summed E-state index contributed by atoms with van der Waals surface area (Å²) < 4.78 is 41.1. The van der Waals surface area contributed by atoms with E-state index < -0.39 is 12.6 Å². The quantitative estimate of drug-likeness (QED) is 0.758. The van der Waals surface area contributed by atoms with Crippen molar-refractivity contribution in [3.8, 4) is 5.75 Å². The molecule has 0 aliphatic carbocycles. The van der Waals surface area contributed by atoms with Crippen LogP contribution >= 0.6 is 0 Å². The lowest BCUT2D eigenvalue weighted by Gasteiger charge is -2.08. The monoisotopic (exact) mass is 261 g/mol. The van der Waals surface area contributed by atoms with E-state index in [0.717, 1.165) is 17.7 Å². The van der Waals surface area contributed by atoms with Crippen LogP contribution in [0.5, 0.6) is 5.75 Å². The van der Waals surface area contributed by atoms with E-state index in [9.17, 15) is 13.2 Å². The van der Waals surface area contributed by atoms with Crippen LogP contribution in [0.3, 0.4) is 0 Å². The van der Waals surface area contributed by atoms with E-state index in [1.165, 1.54) is 0 Å². The third-order valence-electron chi connectivity index (χ3n) is 2.31. The maximum atomic E-state index is 11.9. The summed E-state index contributed by atoms with van der Waals surface area (Å²) in [4.78, 5) is 0. The molecule has 18 heavy (non-hydrogen) atoms. The Bertz CT molecular complexity index is 335. The molecule has 0 fully saturated rings. The molecule has 0 unspecified atom stereocenters. The molecule has 0 aliphatic rings. The maximum absolute atomic E-state index is 11.9. The minimum atomic E-state index is -4.09. The molecule has 0 saturated carbocycles. The molecule has 102 valence electrons. The third kappa shape index (κ3) is 6.49. The first kappa shape index (κ1) is 14.8. The van der Waals surface area contributed by atoms with Gasteiger partial charge < -0.3 is 10.1 Å². The molecule has 0 radical (unpaired) electrons. The van der Waals surface area contributed by atoms with Gasteiger partial charge in [-0.25, -0.2) is 0 Å². The van der Waals surface area contributed by atoms with Gasteiger partial charge in [0, 0.05) is 13.1 Å². The Kier molecular flexibility index (Phi) is 5.98. The first-order valence-corrected chi connectivity index (χ1v) is 6.00. The van der Waals surface area contributed by atoms with Crippen molar-refractivity contribution in [2.45, 2.75) is 32.5 Å². The number of alkyl halides is 3. The highest BCUT2D eigenvalue weighted by atomic mass is 19.4. The smallest absolute Gasteiger partial charge is 0.390 e. The van der Waals surface area contributed by atoms with Gasteiger partial charge in [0.1, 0.15) is 5.75 Å². The molecule has 0 bridgehead atoms. The predicted molar refractivity (Wildman–Crippen MR) is 64.6 cm³/mol. The van der Waals surface area contributed by atoms with E-state index in [0.29, 0.717) is 13.2 Å². The summed E-state index contributed by atoms with van der Waals surface area (Å²) in [7, 11) is 0. The van der Waals surface area contributed by atoms with E-state index in [-0.39, 0.29) is 6.54 Å². The minimum absolute atomic E-state index is 0.0580. The van der Waals surface area contributed by atoms with Crippen LogP contribution in [-0.2, 0) is 6.54 Å². The van der Waals surface area contributed by atoms with Crippen molar-refractivity contribution in [3.05, 3.63) is 29.8 Å². The lowest BCUT2D eigenvalue weighted by molar-refractivity contribution is -0.133. The molecule has 1 rings (SSSR count). The molecule has 0 atom stereocenters. The third-order valence-corrected chi connectivity index (χ3v) is 2.31. The van der Waals surface area contributed by atoms with E-state index in [1.807, 2.05) is 31.2 Å². The summed E-state index contributed by atoms with van der Waals surface area (Å²) >= 11 is 0. The van der Waals surface area contributed by atoms with E-state index >= 15 is 0 Å². The van der Waals surface area contributed by atoms with Crippen LogP contribution < -0.4 is 10.1 Å². The van der Waals surface area contributed by atoms with Crippen molar-refractivity contribution in [3.63, 3.8) is 0 Å². The standard InChI is InChI=1S/C13H18F3NO/c1-2-9-18-12-5-3-11(4-6-12)10-17-8-7-13(14,15)16/h3-6,17H,2,7-10H2,1H3. The molecule has 0 aliphatic heterocycles. The normalized spacial score (nSPS) is 11.6. The lowest BCUT2D eigenvalue weighted by atomic mass is 10.2. The summed E-state index contributed by atoms with van der Waals surface area (Å²) in [5.74, 6) is 0.788. The van der Waals surface area contributed by atoms with Gasteiger partial charge in [0.15, 0.2) is 0 Å². The van der Waals surface area contributed by atoms with Crippen LogP contribution in [0.25, 0.3) is 0 Å². The highest BCUT2D eigenvalue weighted by Crippen LogP contribution is 2.18. The van der Waals surface area contributed by atoms with Gasteiger partial charge in [0.2, 0.25) is 0 Å². The number of rotatable bonds is 7. The molecule has 0 saturated heterocycles. The largest absolute Gasteiger partial charge is 0.494 e. The summed E-state index contributed by atoms with van der Waals surface area (Å²) in [6, 6.07) is 7.37. The van der Waals surface area contributed by atoms with Crippen LogP contribution in [0.4, 0.5) is 13.2 Å². The molecule has 1 aromatic carbocycles. The number of nitrogens with one attached hydrogen (secondary N) is 1. The van der Waals surface area contributed by atoms with Gasteiger partial charge in [0.25, 0.3) is 0 Å². The SMILES string of the molecule is CCCOc1ccc(CNCCC(F)(F)F)cc1. The minimum Gasteiger partial charge on any atom is -0.494 e. The van der Waals surface area contributed by atoms with Crippen LogP contribution in [0.2, 0.25) is 0 Å². The fraction of sp³-hybridized carbons (Fsp3) is 0.538. The van der Waals surface area contributed by atoms with Gasteiger partial charge >= 0.3 is 6.18 Å². The van der Waals surface area contributed by atoms with Crippen molar-refractivity contribution in [1.29, 1.82) is 0 Å². The van der Waals surface area contributed by atoms with Crippen molar-refractivity contribution in [2.75, 3.05) is 13.2 Å². The van der Waals surface area contributed by atoms with Gasteiger partial charge in [-0.15, -0.1) is 0 Å². The topological polar surface area (TPSA) is 21.3 Å². The maximum Gasteiger partial charge on any atom is 0.390 e. The summed E-state index contributed by atoms with van der Waals surface area (Å²) in [6.45, 7) is 3.07. The predicted octanol–water partition coefficient (Wildman–Crippen LogP) is 3.52. The Morgan fingerprint density at radius 2 is 1.83 bits per heavy atom. The number of halogens is 3. The van der Waals surface area contributed by atoms with Gasteiger partial charge in [-0.05, 0) is 24.1 Å². The second-order valence-corrected chi connectivity index (χ2v) is 4.03. The molecule has 1 N–H and O–H groups in total. The molecular formula is C13H18F3NO. The van der Waals surface area contributed by atoms with Crippen LogP contribution in [0, 0.1) is 0 Å². The Morgan fingerprint density at radius 1 is 1.17 bits per heavy atom. The van der Waals surface area contributed by atoms with Gasteiger partial charge in [-0.1, -0.05) is 19.1 Å². The van der Waals surface area contributed by atoms with Crippen molar-refractivity contribution in [1.82, 2.24) is 5.32 Å². The zero-order chi connectivity index (χ0) is 13.4.